The normalized spacial score (nSPS) is 12.5. The van der Waals surface area contributed by atoms with Gasteiger partial charge < -0.3 is 4.74 Å². The Hall–Kier alpha value is -1.57. The lowest BCUT2D eigenvalue weighted by Crippen LogP contribution is -2.22. The van der Waals surface area contributed by atoms with Crippen molar-refractivity contribution in [3.8, 4) is 0 Å². The summed E-state index contributed by atoms with van der Waals surface area (Å²) >= 11 is 0. The Bertz CT molecular complexity index is 449. The molecule has 0 heterocycles. The topological polar surface area (TPSA) is 26.3 Å². The van der Waals surface area contributed by atoms with Crippen LogP contribution in [0.1, 0.15) is 15.9 Å². The van der Waals surface area contributed by atoms with Gasteiger partial charge in [-0.2, -0.15) is 26.3 Å². The minimum atomic E-state index is -4.75. The first-order chi connectivity index (χ1) is 8.61. The highest BCUT2D eigenvalue weighted by atomic mass is 19.4. The van der Waals surface area contributed by atoms with Gasteiger partial charge in [-0.25, -0.2) is 0 Å². The molecule has 0 bridgehead atoms. The zero-order valence-corrected chi connectivity index (χ0v) is 9.31. The van der Waals surface area contributed by atoms with Crippen molar-refractivity contribution in [1.82, 2.24) is 0 Å². The predicted molar refractivity (Wildman–Crippen MR) is 52.6 cm³/mol. The zero-order chi connectivity index (χ0) is 14.7. The van der Waals surface area contributed by atoms with Crippen LogP contribution >= 0.6 is 0 Å². The zero-order valence-electron chi connectivity index (χ0n) is 9.31. The highest BCUT2D eigenvalue weighted by Crippen LogP contribution is 2.32. The second kappa shape index (κ2) is 5.60. The van der Waals surface area contributed by atoms with Gasteiger partial charge in [0.2, 0.25) is 0 Å². The van der Waals surface area contributed by atoms with E-state index in [9.17, 15) is 31.1 Å². The first-order valence-corrected chi connectivity index (χ1v) is 4.95. The van der Waals surface area contributed by atoms with Gasteiger partial charge in [-0.15, -0.1) is 0 Å². The molecule has 1 aromatic rings. The van der Waals surface area contributed by atoms with E-state index in [1.165, 1.54) is 6.07 Å². The Morgan fingerprint density at radius 1 is 1.05 bits per heavy atom. The average Bonchev–Trinajstić information content (AvgIpc) is 2.26. The van der Waals surface area contributed by atoms with Crippen LogP contribution in [0.3, 0.4) is 0 Å². The summed E-state index contributed by atoms with van der Waals surface area (Å²) in [5.74, 6) is -1.16. The smallest absolute Gasteiger partial charge is 0.364 e. The summed E-state index contributed by atoms with van der Waals surface area (Å²) in [5.41, 5.74) is -1.91. The van der Waals surface area contributed by atoms with Crippen molar-refractivity contribution >= 4 is 5.78 Å². The second-order valence-electron chi connectivity index (χ2n) is 3.57. The van der Waals surface area contributed by atoms with Gasteiger partial charge in [0.05, 0.1) is 5.56 Å². The molecule has 0 N–H and O–H groups in total. The van der Waals surface area contributed by atoms with Crippen LogP contribution in [0.5, 0.6) is 0 Å². The number of rotatable bonds is 4. The molecule has 8 heteroatoms. The fourth-order valence-corrected chi connectivity index (χ4v) is 1.31. The highest BCUT2D eigenvalue weighted by molar-refractivity contribution is 5.98. The predicted octanol–water partition coefficient (Wildman–Crippen LogP) is 3.47. The van der Waals surface area contributed by atoms with E-state index in [2.05, 4.69) is 4.74 Å². The van der Waals surface area contributed by atoms with Crippen molar-refractivity contribution in [2.45, 2.75) is 12.4 Å². The maximum Gasteiger partial charge on any atom is 0.417 e. The Balaban J connectivity index is 2.78. The van der Waals surface area contributed by atoms with Gasteiger partial charge in [0.15, 0.2) is 5.78 Å². The highest BCUT2D eigenvalue weighted by Gasteiger charge is 2.35. The summed E-state index contributed by atoms with van der Waals surface area (Å²) in [6.07, 6.45) is -9.39. The number of ketones is 1. The first-order valence-electron chi connectivity index (χ1n) is 4.95. The molecule has 19 heavy (non-hydrogen) atoms. The Labute approximate surface area is 104 Å². The van der Waals surface area contributed by atoms with E-state index in [-0.39, 0.29) is 0 Å². The van der Waals surface area contributed by atoms with Gasteiger partial charge >= 0.3 is 12.4 Å². The summed E-state index contributed by atoms with van der Waals surface area (Å²) in [6.45, 7) is -2.75. The number of ether oxygens (including phenoxy) is 1. The lowest BCUT2D eigenvalue weighted by Gasteiger charge is -2.12. The number of benzene rings is 1. The largest absolute Gasteiger partial charge is 0.417 e. The number of Topliss-reactive ketones (excluding diaryl/α,β-unsaturated/α-hetero) is 1. The van der Waals surface area contributed by atoms with E-state index in [4.69, 9.17) is 0 Å². The Morgan fingerprint density at radius 3 is 2.16 bits per heavy atom. The van der Waals surface area contributed by atoms with E-state index in [1.54, 1.807) is 0 Å². The van der Waals surface area contributed by atoms with Crippen LogP contribution in [-0.2, 0) is 10.9 Å². The van der Waals surface area contributed by atoms with Crippen LogP contribution in [0.25, 0.3) is 0 Å². The quantitative estimate of drug-likeness (QED) is 0.626. The summed E-state index contributed by atoms with van der Waals surface area (Å²) in [4.78, 5) is 11.4. The van der Waals surface area contributed by atoms with Gasteiger partial charge in [-0.3, -0.25) is 4.79 Å². The molecular formula is C11H8F6O2. The van der Waals surface area contributed by atoms with Crippen molar-refractivity contribution in [2.24, 2.45) is 0 Å². The summed E-state index contributed by atoms with van der Waals surface area (Å²) < 4.78 is 77.0. The molecule has 0 aliphatic rings. The van der Waals surface area contributed by atoms with Gasteiger partial charge in [-0.05, 0) is 6.07 Å². The molecule has 0 aliphatic carbocycles. The minimum Gasteiger partial charge on any atom is -0.364 e. The molecule has 0 radical (unpaired) electrons. The Morgan fingerprint density at radius 2 is 1.63 bits per heavy atom. The van der Waals surface area contributed by atoms with E-state index >= 15 is 0 Å². The molecule has 0 spiro atoms. The van der Waals surface area contributed by atoms with E-state index in [1.807, 2.05) is 0 Å². The summed E-state index contributed by atoms with van der Waals surface area (Å²) in [5, 5.41) is 0. The molecular weight excluding hydrogens is 278 g/mol. The summed E-state index contributed by atoms with van der Waals surface area (Å²) in [6, 6.07) is 3.83. The molecule has 1 aromatic carbocycles. The third kappa shape index (κ3) is 4.90. The standard InChI is InChI=1S/C11H8F6O2/c12-10(13,14)6-19-5-9(18)7-3-1-2-4-8(7)11(15,16)17/h1-4H,5-6H2. The SMILES string of the molecule is O=C(COCC(F)(F)F)c1ccccc1C(F)(F)F. The van der Waals surface area contributed by atoms with Gasteiger partial charge in [0.1, 0.15) is 13.2 Å². The van der Waals surface area contributed by atoms with Crippen LogP contribution in [0.2, 0.25) is 0 Å². The molecule has 1 rings (SSSR count). The van der Waals surface area contributed by atoms with E-state index in [0.717, 1.165) is 12.1 Å². The molecule has 0 amide bonds. The lowest BCUT2D eigenvalue weighted by atomic mass is 10.0. The van der Waals surface area contributed by atoms with Crippen LogP contribution < -0.4 is 0 Å². The lowest BCUT2D eigenvalue weighted by molar-refractivity contribution is -0.171. The number of halogens is 6. The molecule has 0 fully saturated rings. The summed E-state index contributed by atoms with van der Waals surface area (Å²) in [7, 11) is 0. The maximum absolute atomic E-state index is 12.5. The molecule has 0 saturated heterocycles. The molecule has 0 saturated carbocycles. The average molecular weight is 286 g/mol. The van der Waals surface area contributed by atoms with Crippen LogP contribution in [0, 0.1) is 0 Å². The van der Waals surface area contributed by atoms with Gasteiger partial charge in [-0.1, -0.05) is 18.2 Å². The third-order valence-electron chi connectivity index (χ3n) is 2.03. The van der Waals surface area contributed by atoms with Crippen LogP contribution in [-0.4, -0.2) is 25.2 Å². The molecule has 0 aromatic heterocycles. The molecule has 0 aliphatic heterocycles. The molecule has 106 valence electrons. The number of carbonyl (C=O) groups excluding carboxylic acids is 1. The molecule has 2 nitrogen and oxygen atoms in total. The third-order valence-corrected chi connectivity index (χ3v) is 2.03. The first kappa shape index (κ1) is 15.5. The van der Waals surface area contributed by atoms with Crippen molar-refractivity contribution in [3.05, 3.63) is 35.4 Å². The maximum atomic E-state index is 12.5. The monoisotopic (exact) mass is 286 g/mol. The van der Waals surface area contributed by atoms with Crippen LogP contribution in [0.4, 0.5) is 26.3 Å². The molecule has 0 atom stereocenters. The Kier molecular flexibility index (Phi) is 4.56. The van der Waals surface area contributed by atoms with Gasteiger partial charge in [0.25, 0.3) is 0 Å². The number of hydrogen-bond donors (Lipinski definition) is 0. The van der Waals surface area contributed by atoms with Crippen molar-refractivity contribution < 1.29 is 35.9 Å². The number of hydrogen-bond acceptors (Lipinski definition) is 2. The van der Waals surface area contributed by atoms with Crippen LogP contribution in [0.15, 0.2) is 24.3 Å². The van der Waals surface area contributed by atoms with E-state index in [0.29, 0.717) is 6.07 Å². The molecule has 0 unspecified atom stereocenters. The van der Waals surface area contributed by atoms with Crippen molar-refractivity contribution in [1.29, 1.82) is 0 Å². The fourth-order valence-electron chi connectivity index (χ4n) is 1.31. The number of carbonyl (C=O) groups is 1. The van der Waals surface area contributed by atoms with Crippen molar-refractivity contribution in [2.75, 3.05) is 13.2 Å². The van der Waals surface area contributed by atoms with Crippen molar-refractivity contribution in [3.63, 3.8) is 0 Å². The minimum absolute atomic E-state index is 0.678. The second-order valence-corrected chi connectivity index (χ2v) is 3.57. The van der Waals surface area contributed by atoms with Gasteiger partial charge in [0, 0.05) is 5.56 Å². The fraction of sp³-hybridized carbons (Fsp3) is 0.364. The number of alkyl halides is 6. The van der Waals surface area contributed by atoms with E-state index < -0.39 is 42.5 Å².